The van der Waals surface area contributed by atoms with Crippen LogP contribution >= 0.6 is 0 Å². The Morgan fingerprint density at radius 2 is 1.73 bits per heavy atom. The van der Waals surface area contributed by atoms with E-state index in [4.69, 9.17) is 4.74 Å². The Kier molecular flexibility index (Phi) is 8.22. The number of hydrogen-bond acceptors (Lipinski definition) is 6. The summed E-state index contributed by atoms with van der Waals surface area (Å²) in [4.78, 5) is 54.6. The fourth-order valence-electron chi connectivity index (χ4n) is 3.72. The Morgan fingerprint density at radius 3 is 2.32 bits per heavy atom. The van der Waals surface area contributed by atoms with Gasteiger partial charge in [-0.1, -0.05) is 24.3 Å². The van der Waals surface area contributed by atoms with Crippen molar-refractivity contribution in [1.29, 1.82) is 0 Å². The van der Waals surface area contributed by atoms with Gasteiger partial charge in [0, 0.05) is 12.6 Å². The zero-order chi connectivity index (χ0) is 27.5. The second-order valence-electron chi connectivity index (χ2n) is 10.0. The van der Waals surface area contributed by atoms with Crippen LogP contribution in [0, 0.1) is 0 Å². The summed E-state index contributed by atoms with van der Waals surface area (Å²) in [6.45, 7) is 8.19. The van der Waals surface area contributed by atoms with E-state index in [1.54, 1.807) is 76.2 Å². The number of benzene rings is 2. The molecule has 2 aromatic rings. The molecule has 3 N–H and O–H groups in total. The quantitative estimate of drug-likeness (QED) is 0.567. The zero-order valence-electron chi connectivity index (χ0n) is 21.9. The van der Waals surface area contributed by atoms with Crippen molar-refractivity contribution >= 4 is 35.2 Å². The Bertz CT molecular complexity index is 1170. The van der Waals surface area contributed by atoms with Crippen LogP contribution in [-0.4, -0.2) is 65.1 Å². The molecule has 1 heterocycles. The molecule has 198 valence electrons. The van der Waals surface area contributed by atoms with E-state index in [1.807, 2.05) is 0 Å². The molecule has 3 atom stereocenters. The van der Waals surface area contributed by atoms with Crippen molar-refractivity contribution in [2.24, 2.45) is 0 Å². The Balaban J connectivity index is 1.84. The minimum atomic E-state index is -1.09. The third-order valence-corrected chi connectivity index (χ3v) is 5.98. The van der Waals surface area contributed by atoms with Crippen molar-refractivity contribution in [3.05, 3.63) is 59.7 Å². The van der Waals surface area contributed by atoms with E-state index in [2.05, 4.69) is 10.6 Å². The average molecular weight is 511 g/mol. The van der Waals surface area contributed by atoms with Gasteiger partial charge in [0.05, 0.1) is 24.0 Å². The highest BCUT2D eigenvalue weighted by atomic mass is 16.6. The number of para-hydroxylation sites is 2. The van der Waals surface area contributed by atoms with E-state index in [9.17, 15) is 24.3 Å². The van der Waals surface area contributed by atoms with Crippen LogP contribution in [0.25, 0.3) is 0 Å². The molecular formula is C27H34N4O6. The molecule has 0 fully saturated rings. The third-order valence-electron chi connectivity index (χ3n) is 5.98. The molecule has 0 saturated carbocycles. The number of carbonyl (C=O) groups is 4. The van der Waals surface area contributed by atoms with Crippen LogP contribution in [0.15, 0.2) is 48.5 Å². The normalized spacial score (nSPS) is 17.0. The number of hydrogen-bond donors (Lipinski definition) is 3. The number of aliphatic hydroxyl groups excluding tert-OH is 1. The number of aliphatic hydroxyl groups is 1. The maximum absolute atomic E-state index is 13.5. The summed E-state index contributed by atoms with van der Waals surface area (Å²) in [7, 11) is 1.44. The van der Waals surface area contributed by atoms with Crippen LogP contribution in [0.3, 0.4) is 0 Å². The molecule has 0 spiro atoms. The molecule has 4 amide bonds. The van der Waals surface area contributed by atoms with Gasteiger partial charge in [0.2, 0.25) is 11.8 Å². The van der Waals surface area contributed by atoms with Crippen molar-refractivity contribution in [2.45, 2.75) is 58.4 Å². The second-order valence-corrected chi connectivity index (χ2v) is 10.0. The lowest BCUT2D eigenvalue weighted by Crippen LogP contribution is -2.55. The summed E-state index contributed by atoms with van der Waals surface area (Å²) in [5, 5.41) is 15.2. The van der Waals surface area contributed by atoms with Crippen molar-refractivity contribution in [1.82, 2.24) is 10.2 Å². The van der Waals surface area contributed by atoms with E-state index in [-0.39, 0.29) is 12.5 Å². The first kappa shape index (κ1) is 27.7. The highest BCUT2D eigenvalue weighted by Crippen LogP contribution is 2.30. The highest BCUT2D eigenvalue weighted by molar-refractivity contribution is 6.12. The number of nitrogens with one attached hydrogen (secondary N) is 2. The highest BCUT2D eigenvalue weighted by Gasteiger charge is 2.35. The number of ether oxygens (including phenoxy) is 1. The van der Waals surface area contributed by atoms with Gasteiger partial charge in [-0.05, 0) is 64.4 Å². The number of likely N-dealkylation sites (N-methyl/N-ethyl adjacent to an activating group) is 1. The standard InChI is InChI=1S/C27H34N4O6/c1-16(30(6)26(36)37-27(3,4)5)23(33)29-21-15-31(22-10-8-7-9-20(22)28-24(21)34)25(35)19-13-11-18(12-14-19)17(2)32/h7-14,16-17,21,32H,15H2,1-6H3,(H,28,34)(H,29,33)/t16?,17-,21-/m0/s1. The molecule has 37 heavy (non-hydrogen) atoms. The first-order chi connectivity index (χ1) is 17.3. The summed E-state index contributed by atoms with van der Waals surface area (Å²) in [5.41, 5.74) is 1.20. The van der Waals surface area contributed by atoms with E-state index in [0.29, 0.717) is 22.5 Å². The number of rotatable bonds is 5. The maximum Gasteiger partial charge on any atom is 0.410 e. The summed E-state index contributed by atoms with van der Waals surface area (Å²) < 4.78 is 5.32. The van der Waals surface area contributed by atoms with E-state index < -0.39 is 41.7 Å². The van der Waals surface area contributed by atoms with Crippen molar-refractivity contribution in [2.75, 3.05) is 23.8 Å². The number of carbonyl (C=O) groups excluding carboxylic acids is 4. The first-order valence-electron chi connectivity index (χ1n) is 12.0. The van der Waals surface area contributed by atoms with Crippen molar-refractivity contribution < 1.29 is 29.0 Å². The predicted octanol–water partition coefficient (Wildman–Crippen LogP) is 3.08. The van der Waals surface area contributed by atoms with Gasteiger partial charge in [0.25, 0.3) is 5.91 Å². The van der Waals surface area contributed by atoms with Crippen LogP contribution in [-0.2, 0) is 14.3 Å². The van der Waals surface area contributed by atoms with Crippen molar-refractivity contribution in [3.63, 3.8) is 0 Å². The lowest BCUT2D eigenvalue weighted by molar-refractivity contribution is -0.129. The maximum atomic E-state index is 13.5. The fraction of sp³-hybridized carbons (Fsp3) is 0.407. The molecule has 10 nitrogen and oxygen atoms in total. The van der Waals surface area contributed by atoms with Gasteiger partial charge in [-0.2, -0.15) is 0 Å². The van der Waals surface area contributed by atoms with Gasteiger partial charge in [-0.25, -0.2) is 4.79 Å². The molecule has 2 aromatic carbocycles. The minimum absolute atomic E-state index is 0.131. The van der Waals surface area contributed by atoms with Gasteiger partial charge in [0.15, 0.2) is 0 Å². The van der Waals surface area contributed by atoms with Gasteiger partial charge in [-0.15, -0.1) is 0 Å². The number of nitrogens with zero attached hydrogens (tertiary/aromatic N) is 2. The lowest BCUT2D eigenvalue weighted by atomic mass is 10.1. The molecule has 0 radical (unpaired) electrons. The molecule has 0 aromatic heterocycles. The summed E-state index contributed by atoms with van der Waals surface area (Å²) >= 11 is 0. The van der Waals surface area contributed by atoms with Gasteiger partial charge >= 0.3 is 6.09 Å². The van der Waals surface area contributed by atoms with Crippen LogP contribution in [0.1, 0.15) is 56.6 Å². The summed E-state index contributed by atoms with van der Waals surface area (Å²) in [6, 6.07) is 11.4. The van der Waals surface area contributed by atoms with Crippen molar-refractivity contribution in [3.8, 4) is 0 Å². The molecule has 0 saturated heterocycles. The topological polar surface area (TPSA) is 128 Å². The Labute approximate surface area is 216 Å². The van der Waals surface area contributed by atoms with Crippen LogP contribution < -0.4 is 15.5 Å². The van der Waals surface area contributed by atoms with E-state index in [0.717, 1.165) is 4.90 Å². The van der Waals surface area contributed by atoms with Crippen LogP contribution in [0.5, 0.6) is 0 Å². The molecule has 0 aliphatic carbocycles. The molecule has 1 unspecified atom stereocenters. The largest absolute Gasteiger partial charge is 0.444 e. The lowest BCUT2D eigenvalue weighted by Gasteiger charge is -2.29. The molecule has 10 heteroatoms. The second kappa shape index (κ2) is 11.0. The number of fused-ring (bicyclic) bond motifs is 1. The number of amides is 4. The molecular weight excluding hydrogens is 476 g/mol. The third kappa shape index (κ3) is 6.65. The summed E-state index contributed by atoms with van der Waals surface area (Å²) in [6.07, 6.45) is -1.35. The first-order valence-corrected chi connectivity index (χ1v) is 12.0. The van der Waals surface area contributed by atoms with Gasteiger partial charge in [0.1, 0.15) is 17.7 Å². The van der Waals surface area contributed by atoms with Gasteiger partial charge in [-0.3, -0.25) is 19.3 Å². The monoisotopic (exact) mass is 510 g/mol. The Morgan fingerprint density at radius 1 is 1.11 bits per heavy atom. The zero-order valence-corrected chi connectivity index (χ0v) is 21.9. The fourth-order valence-corrected chi connectivity index (χ4v) is 3.72. The van der Waals surface area contributed by atoms with E-state index >= 15 is 0 Å². The molecule has 1 aliphatic rings. The molecule has 0 bridgehead atoms. The molecule has 1 aliphatic heterocycles. The predicted molar refractivity (Wildman–Crippen MR) is 139 cm³/mol. The average Bonchev–Trinajstić information content (AvgIpc) is 2.97. The van der Waals surface area contributed by atoms with Crippen LogP contribution in [0.2, 0.25) is 0 Å². The van der Waals surface area contributed by atoms with Gasteiger partial charge < -0.3 is 25.4 Å². The Hall–Kier alpha value is -3.92. The number of anilines is 2. The van der Waals surface area contributed by atoms with Crippen LogP contribution in [0.4, 0.5) is 16.2 Å². The minimum Gasteiger partial charge on any atom is -0.444 e. The smallest absolute Gasteiger partial charge is 0.410 e. The van der Waals surface area contributed by atoms with E-state index in [1.165, 1.54) is 18.9 Å². The molecule has 3 rings (SSSR count). The summed E-state index contributed by atoms with van der Waals surface area (Å²) in [5.74, 6) is -1.44. The SMILES string of the molecule is CC(C(=O)N[C@H]1CN(C(=O)c2ccc([C@H](C)O)cc2)c2ccccc2NC1=O)N(C)C(=O)OC(C)(C)C.